The van der Waals surface area contributed by atoms with Gasteiger partial charge in [0.15, 0.2) is 6.04 Å². The van der Waals surface area contributed by atoms with Crippen LogP contribution in [0.3, 0.4) is 0 Å². The van der Waals surface area contributed by atoms with Crippen molar-refractivity contribution in [1.29, 1.82) is 0 Å². The molecule has 5 rings (SSSR count). The highest BCUT2D eigenvalue weighted by Crippen LogP contribution is 2.31. The molecule has 0 spiro atoms. The van der Waals surface area contributed by atoms with Crippen molar-refractivity contribution in [3.05, 3.63) is 120 Å². The van der Waals surface area contributed by atoms with Crippen LogP contribution in [0.25, 0.3) is 22.2 Å². The largest absolute Gasteiger partial charge is 0.416 e. The molecule has 0 aliphatic rings. The molecule has 0 aliphatic carbocycles. The van der Waals surface area contributed by atoms with Crippen LogP contribution in [-0.2, 0) is 11.0 Å². The summed E-state index contributed by atoms with van der Waals surface area (Å²) in [6.45, 7) is 2.49. The molecular weight excluding hydrogens is 597 g/mol. The number of anilines is 1. The molecule has 5 aromatic rings. The lowest BCUT2D eigenvalue weighted by Gasteiger charge is -2.18. The fraction of sp³-hybridized carbons (Fsp3) is 0.176. The minimum Gasteiger partial charge on any atom is -0.354 e. The summed E-state index contributed by atoms with van der Waals surface area (Å²) < 4.78 is 39.0. The number of carbonyl (C=O) groups is 3. The van der Waals surface area contributed by atoms with Crippen molar-refractivity contribution in [3.63, 3.8) is 0 Å². The van der Waals surface area contributed by atoms with Crippen molar-refractivity contribution in [2.24, 2.45) is 0 Å². The van der Waals surface area contributed by atoms with Crippen LogP contribution in [0, 0.1) is 0 Å². The molecule has 3 aromatic heterocycles. The molecule has 0 saturated carbocycles. The Morgan fingerprint density at radius 3 is 2.35 bits per heavy atom. The molecule has 0 saturated heterocycles. The van der Waals surface area contributed by atoms with Gasteiger partial charge in [0, 0.05) is 35.5 Å². The molecule has 0 fully saturated rings. The number of unbranched alkanes of at least 4 members (excludes halogenated alkanes) is 1. The minimum absolute atomic E-state index is 0.150. The van der Waals surface area contributed by atoms with Gasteiger partial charge in [0.1, 0.15) is 5.82 Å². The Balaban J connectivity index is 1.32. The minimum atomic E-state index is -4.48. The van der Waals surface area contributed by atoms with Gasteiger partial charge in [0.05, 0.1) is 28.0 Å². The van der Waals surface area contributed by atoms with Crippen molar-refractivity contribution in [1.82, 2.24) is 25.6 Å². The van der Waals surface area contributed by atoms with Gasteiger partial charge in [-0.15, -0.1) is 0 Å². The van der Waals surface area contributed by atoms with E-state index in [1.54, 1.807) is 60.8 Å². The number of carbonyl (C=O) groups excluding carboxylic acids is 3. The second-order valence-electron chi connectivity index (χ2n) is 10.3. The number of nitrogens with zero attached hydrogens (tertiary/aromatic N) is 3. The van der Waals surface area contributed by atoms with Gasteiger partial charge in [-0.2, -0.15) is 13.2 Å². The van der Waals surface area contributed by atoms with Crippen LogP contribution in [-0.4, -0.2) is 39.2 Å². The summed E-state index contributed by atoms with van der Waals surface area (Å²) in [6, 6.07) is 19.7. The number of halogens is 3. The zero-order valence-corrected chi connectivity index (χ0v) is 24.6. The highest BCUT2D eigenvalue weighted by Gasteiger charge is 2.30. The van der Waals surface area contributed by atoms with E-state index in [1.165, 1.54) is 24.4 Å². The SMILES string of the molecule is CCCCNC(=O)C(NC(=O)c1ccc2nc(NC(=O)c3cccnc3-c3ccc(C(F)(F)F)cc3)ccc2c1)c1ccccn1. The first-order chi connectivity index (χ1) is 22.1. The van der Waals surface area contributed by atoms with Gasteiger partial charge in [0.2, 0.25) is 5.91 Å². The van der Waals surface area contributed by atoms with Crippen LogP contribution in [0.5, 0.6) is 0 Å². The Morgan fingerprint density at radius 2 is 1.63 bits per heavy atom. The topological polar surface area (TPSA) is 126 Å². The maximum Gasteiger partial charge on any atom is 0.416 e. The molecule has 1 atom stereocenters. The Hall–Kier alpha value is -5.65. The number of alkyl halides is 3. The van der Waals surface area contributed by atoms with E-state index < -0.39 is 29.6 Å². The number of hydrogen-bond donors (Lipinski definition) is 3. The smallest absolute Gasteiger partial charge is 0.354 e. The monoisotopic (exact) mass is 626 g/mol. The summed E-state index contributed by atoms with van der Waals surface area (Å²) in [7, 11) is 0. The molecule has 12 heteroatoms. The van der Waals surface area contributed by atoms with Gasteiger partial charge in [-0.25, -0.2) is 4.98 Å². The number of hydrogen-bond acceptors (Lipinski definition) is 6. The highest BCUT2D eigenvalue weighted by atomic mass is 19.4. The van der Waals surface area contributed by atoms with Crippen LogP contribution in [0.2, 0.25) is 0 Å². The lowest BCUT2D eigenvalue weighted by Crippen LogP contribution is -2.41. The van der Waals surface area contributed by atoms with Crippen molar-refractivity contribution in [3.8, 4) is 11.3 Å². The summed E-state index contributed by atoms with van der Waals surface area (Å²) in [5, 5.41) is 8.93. The molecule has 0 radical (unpaired) electrons. The first kappa shape index (κ1) is 31.8. The fourth-order valence-electron chi connectivity index (χ4n) is 4.68. The van der Waals surface area contributed by atoms with Crippen LogP contribution in [0.15, 0.2) is 97.3 Å². The van der Waals surface area contributed by atoms with Gasteiger partial charge >= 0.3 is 6.18 Å². The Kier molecular flexibility index (Phi) is 9.65. The van der Waals surface area contributed by atoms with Gasteiger partial charge in [-0.05, 0) is 73.2 Å². The molecule has 1 unspecified atom stereocenters. The number of rotatable bonds is 10. The van der Waals surface area contributed by atoms with E-state index in [1.807, 2.05) is 6.92 Å². The van der Waals surface area contributed by atoms with Gasteiger partial charge in [-0.1, -0.05) is 31.5 Å². The predicted octanol–water partition coefficient (Wildman–Crippen LogP) is 6.35. The molecule has 3 heterocycles. The van der Waals surface area contributed by atoms with Crippen LogP contribution >= 0.6 is 0 Å². The van der Waals surface area contributed by atoms with Gasteiger partial charge < -0.3 is 16.0 Å². The van der Waals surface area contributed by atoms with Crippen LogP contribution in [0.4, 0.5) is 19.0 Å². The molecule has 234 valence electrons. The second kappa shape index (κ2) is 14.0. The number of amides is 3. The van der Waals surface area contributed by atoms with E-state index >= 15 is 0 Å². The second-order valence-corrected chi connectivity index (χ2v) is 10.3. The average molecular weight is 627 g/mol. The predicted molar refractivity (Wildman–Crippen MR) is 167 cm³/mol. The summed E-state index contributed by atoms with van der Waals surface area (Å²) in [4.78, 5) is 52.3. The summed E-state index contributed by atoms with van der Waals surface area (Å²) in [6.07, 6.45) is 0.225. The van der Waals surface area contributed by atoms with Crippen LogP contribution < -0.4 is 16.0 Å². The first-order valence-corrected chi connectivity index (χ1v) is 14.5. The molecule has 0 aliphatic heterocycles. The standard InChI is InChI=1S/C34H29F3N6O3/c1-2-3-17-40-33(46)30(27-8-4-5-18-38-27)43-31(44)23-11-15-26-22(20-23)12-16-28(41-26)42-32(45)25-7-6-19-39-29(25)21-9-13-24(14-10-21)34(35,36)37/h4-16,18-20,30H,2-3,17H2,1H3,(H,40,46)(H,43,44)(H,41,42,45). The van der Waals surface area contributed by atoms with Crippen molar-refractivity contribution < 1.29 is 27.6 Å². The van der Waals surface area contributed by atoms with E-state index in [2.05, 4.69) is 30.9 Å². The molecule has 2 aromatic carbocycles. The van der Waals surface area contributed by atoms with E-state index in [0.29, 0.717) is 34.3 Å². The highest BCUT2D eigenvalue weighted by molar-refractivity contribution is 6.08. The zero-order chi connectivity index (χ0) is 32.7. The quantitative estimate of drug-likeness (QED) is 0.155. The number of pyridine rings is 3. The molecule has 3 amide bonds. The number of fused-ring (bicyclic) bond motifs is 1. The third kappa shape index (κ3) is 7.52. The molecule has 9 nitrogen and oxygen atoms in total. The van der Waals surface area contributed by atoms with E-state index in [9.17, 15) is 27.6 Å². The van der Waals surface area contributed by atoms with E-state index in [0.717, 1.165) is 25.0 Å². The third-order valence-electron chi connectivity index (χ3n) is 7.08. The summed E-state index contributed by atoms with van der Waals surface area (Å²) in [5.74, 6) is -1.18. The Morgan fingerprint density at radius 1 is 0.848 bits per heavy atom. The van der Waals surface area contributed by atoms with Crippen molar-refractivity contribution in [2.45, 2.75) is 32.0 Å². The number of benzene rings is 2. The van der Waals surface area contributed by atoms with E-state index in [4.69, 9.17) is 0 Å². The number of nitrogens with one attached hydrogen (secondary N) is 3. The van der Waals surface area contributed by atoms with Crippen molar-refractivity contribution in [2.75, 3.05) is 11.9 Å². The van der Waals surface area contributed by atoms with Crippen molar-refractivity contribution >= 4 is 34.4 Å². The molecule has 0 bridgehead atoms. The van der Waals surface area contributed by atoms with E-state index in [-0.39, 0.29) is 23.0 Å². The Bertz CT molecular complexity index is 1860. The maximum atomic E-state index is 13.2. The Labute approximate surface area is 262 Å². The van der Waals surface area contributed by atoms with Crippen LogP contribution in [0.1, 0.15) is 57.8 Å². The normalized spacial score (nSPS) is 11.9. The lowest BCUT2D eigenvalue weighted by atomic mass is 10.0. The lowest BCUT2D eigenvalue weighted by molar-refractivity contribution is -0.137. The number of aromatic nitrogens is 3. The fourth-order valence-corrected chi connectivity index (χ4v) is 4.68. The molecule has 3 N–H and O–H groups in total. The maximum absolute atomic E-state index is 13.2. The van der Waals surface area contributed by atoms with Gasteiger partial charge in [0.25, 0.3) is 11.8 Å². The van der Waals surface area contributed by atoms with Gasteiger partial charge in [-0.3, -0.25) is 24.4 Å². The molecule has 46 heavy (non-hydrogen) atoms. The third-order valence-corrected chi connectivity index (χ3v) is 7.08. The zero-order valence-electron chi connectivity index (χ0n) is 24.6. The first-order valence-electron chi connectivity index (χ1n) is 14.5. The average Bonchev–Trinajstić information content (AvgIpc) is 3.07. The summed E-state index contributed by atoms with van der Waals surface area (Å²) in [5.41, 5.74) is 1.10. The summed E-state index contributed by atoms with van der Waals surface area (Å²) >= 11 is 0. The molecular formula is C34H29F3N6O3.